The zero-order chi connectivity index (χ0) is 13.9. The number of hydrogen-bond donors (Lipinski definition) is 2. The molecule has 0 aliphatic rings. The first-order valence-electron chi connectivity index (χ1n) is 6.75. The molecule has 0 spiro atoms. The molecule has 0 radical (unpaired) electrons. The van der Waals surface area contributed by atoms with Crippen molar-refractivity contribution in [3.63, 3.8) is 0 Å². The Morgan fingerprint density at radius 3 is 2.42 bits per heavy atom. The summed E-state index contributed by atoms with van der Waals surface area (Å²) in [5, 5.41) is 3.64. The molecule has 2 rings (SSSR count). The third-order valence-corrected chi connectivity index (χ3v) is 3.41. The molecule has 3 nitrogen and oxygen atoms in total. The molecule has 0 saturated carbocycles. The second kappa shape index (κ2) is 5.57. The number of H-pyrrole nitrogens is 1. The molecule has 1 aromatic heterocycles. The number of benzene rings is 1. The smallest absolute Gasteiger partial charge is 0.0925 e. The molecule has 0 saturated heterocycles. The van der Waals surface area contributed by atoms with Crippen LogP contribution in [-0.2, 0) is 6.54 Å². The average molecular weight is 257 g/mol. The van der Waals surface area contributed by atoms with Crippen molar-refractivity contribution in [2.24, 2.45) is 5.41 Å². The predicted octanol–water partition coefficient (Wildman–Crippen LogP) is 3.60. The molecule has 3 heteroatoms. The van der Waals surface area contributed by atoms with Crippen molar-refractivity contribution >= 4 is 0 Å². The largest absolute Gasteiger partial charge is 0.348 e. The number of hydrogen-bond acceptors (Lipinski definition) is 2. The van der Waals surface area contributed by atoms with E-state index in [-0.39, 0.29) is 5.41 Å². The Labute approximate surface area is 115 Å². The molecular formula is C16H23N3. The number of aryl methyl sites for hydroxylation is 1. The summed E-state index contributed by atoms with van der Waals surface area (Å²) in [6.07, 6.45) is 1.75. The highest BCUT2D eigenvalue weighted by Crippen LogP contribution is 2.32. The van der Waals surface area contributed by atoms with Crippen molar-refractivity contribution < 1.29 is 0 Å². The number of aromatic nitrogens is 2. The maximum absolute atomic E-state index is 4.35. The number of aromatic amines is 1. The van der Waals surface area contributed by atoms with Gasteiger partial charge in [0.2, 0.25) is 0 Å². The molecule has 1 unspecified atom stereocenters. The van der Waals surface area contributed by atoms with Gasteiger partial charge in [-0.15, -0.1) is 0 Å². The van der Waals surface area contributed by atoms with E-state index >= 15 is 0 Å². The van der Waals surface area contributed by atoms with Crippen LogP contribution in [0.3, 0.4) is 0 Å². The van der Waals surface area contributed by atoms with Gasteiger partial charge in [0.15, 0.2) is 0 Å². The molecular weight excluding hydrogens is 234 g/mol. The van der Waals surface area contributed by atoms with E-state index in [9.17, 15) is 0 Å². The lowest BCUT2D eigenvalue weighted by Crippen LogP contribution is -2.32. The second-order valence-corrected chi connectivity index (χ2v) is 6.06. The molecule has 0 aliphatic carbocycles. The topological polar surface area (TPSA) is 40.7 Å². The zero-order valence-electron chi connectivity index (χ0n) is 12.2. The third kappa shape index (κ3) is 3.44. The SMILES string of the molecule is Cc1[nH]cnc1CNC(c1ccccc1)C(C)(C)C. The molecule has 0 aliphatic heterocycles. The monoisotopic (exact) mass is 257 g/mol. The normalized spacial score (nSPS) is 13.5. The van der Waals surface area contributed by atoms with Crippen LogP contribution in [0.1, 0.15) is 43.8 Å². The minimum absolute atomic E-state index is 0.158. The molecule has 2 N–H and O–H groups in total. The molecule has 2 aromatic rings. The zero-order valence-corrected chi connectivity index (χ0v) is 12.2. The molecule has 1 aromatic carbocycles. The van der Waals surface area contributed by atoms with Crippen LogP contribution in [0, 0.1) is 12.3 Å². The molecule has 0 amide bonds. The van der Waals surface area contributed by atoms with E-state index in [4.69, 9.17) is 0 Å². The minimum Gasteiger partial charge on any atom is -0.348 e. The van der Waals surface area contributed by atoms with Crippen molar-refractivity contribution in [2.45, 2.75) is 40.3 Å². The van der Waals surface area contributed by atoms with Gasteiger partial charge in [0, 0.05) is 18.3 Å². The minimum atomic E-state index is 0.158. The lowest BCUT2D eigenvalue weighted by molar-refractivity contribution is 0.270. The van der Waals surface area contributed by atoms with Gasteiger partial charge in [-0.05, 0) is 17.9 Å². The van der Waals surface area contributed by atoms with E-state index < -0.39 is 0 Å². The summed E-state index contributed by atoms with van der Waals surface area (Å²) in [6.45, 7) is 9.62. The van der Waals surface area contributed by atoms with Crippen LogP contribution < -0.4 is 5.32 Å². The van der Waals surface area contributed by atoms with Crippen molar-refractivity contribution in [1.82, 2.24) is 15.3 Å². The summed E-state index contributed by atoms with van der Waals surface area (Å²) in [5.41, 5.74) is 3.70. The Hall–Kier alpha value is -1.61. The van der Waals surface area contributed by atoms with Crippen LogP contribution in [0.15, 0.2) is 36.7 Å². The third-order valence-electron chi connectivity index (χ3n) is 3.41. The highest BCUT2D eigenvalue weighted by molar-refractivity contribution is 5.21. The number of imidazole rings is 1. The van der Waals surface area contributed by atoms with Gasteiger partial charge in [0.05, 0.1) is 12.0 Å². The lowest BCUT2D eigenvalue weighted by Gasteiger charge is -2.32. The van der Waals surface area contributed by atoms with Crippen molar-refractivity contribution in [1.29, 1.82) is 0 Å². The first-order chi connectivity index (χ1) is 8.98. The number of rotatable bonds is 4. The summed E-state index contributed by atoms with van der Waals surface area (Å²) in [7, 11) is 0. The highest BCUT2D eigenvalue weighted by atomic mass is 15.0. The standard InChI is InChI=1S/C16H23N3/c1-12-14(19-11-18-12)10-17-15(16(2,3)4)13-8-6-5-7-9-13/h5-9,11,15,17H,10H2,1-4H3,(H,18,19). The first kappa shape index (κ1) is 13.8. The average Bonchev–Trinajstić information content (AvgIpc) is 2.75. The lowest BCUT2D eigenvalue weighted by atomic mass is 9.82. The van der Waals surface area contributed by atoms with Crippen LogP contribution >= 0.6 is 0 Å². The van der Waals surface area contributed by atoms with Crippen molar-refractivity contribution in [3.8, 4) is 0 Å². The van der Waals surface area contributed by atoms with Crippen molar-refractivity contribution in [3.05, 3.63) is 53.6 Å². The van der Waals surface area contributed by atoms with Crippen LogP contribution in [0.25, 0.3) is 0 Å². The quantitative estimate of drug-likeness (QED) is 0.878. The molecule has 19 heavy (non-hydrogen) atoms. The van der Waals surface area contributed by atoms with Crippen molar-refractivity contribution in [2.75, 3.05) is 0 Å². The number of nitrogens with zero attached hydrogens (tertiary/aromatic N) is 1. The van der Waals surface area contributed by atoms with Gasteiger partial charge < -0.3 is 10.3 Å². The van der Waals surface area contributed by atoms with Gasteiger partial charge in [-0.2, -0.15) is 0 Å². The number of nitrogens with one attached hydrogen (secondary N) is 2. The molecule has 1 heterocycles. The molecule has 0 fully saturated rings. The van der Waals surface area contributed by atoms with Gasteiger partial charge in [0.1, 0.15) is 0 Å². The summed E-state index contributed by atoms with van der Waals surface area (Å²) < 4.78 is 0. The second-order valence-electron chi connectivity index (χ2n) is 6.06. The summed E-state index contributed by atoms with van der Waals surface area (Å²) in [5.74, 6) is 0. The van der Waals surface area contributed by atoms with Crippen LogP contribution in [0.2, 0.25) is 0 Å². The van der Waals surface area contributed by atoms with E-state index in [1.165, 1.54) is 5.56 Å². The Bertz CT molecular complexity index is 508. The summed E-state index contributed by atoms with van der Waals surface area (Å²) >= 11 is 0. The predicted molar refractivity (Wildman–Crippen MR) is 78.8 cm³/mol. The van der Waals surface area contributed by atoms with E-state index in [1.54, 1.807) is 6.33 Å². The van der Waals surface area contributed by atoms with E-state index in [2.05, 4.69) is 73.3 Å². The summed E-state index contributed by atoms with van der Waals surface area (Å²) in [6, 6.07) is 10.9. The maximum Gasteiger partial charge on any atom is 0.0925 e. The molecule has 102 valence electrons. The van der Waals surface area contributed by atoms with Gasteiger partial charge in [-0.25, -0.2) is 4.98 Å². The highest BCUT2D eigenvalue weighted by Gasteiger charge is 2.25. The van der Waals surface area contributed by atoms with E-state index in [0.717, 1.165) is 17.9 Å². The van der Waals surface area contributed by atoms with Gasteiger partial charge in [-0.3, -0.25) is 0 Å². The van der Waals surface area contributed by atoms with Gasteiger partial charge in [0.25, 0.3) is 0 Å². The van der Waals surface area contributed by atoms with Gasteiger partial charge in [-0.1, -0.05) is 51.1 Å². The molecule has 0 bridgehead atoms. The van der Waals surface area contributed by atoms with Crippen LogP contribution in [0.4, 0.5) is 0 Å². The summed E-state index contributed by atoms with van der Waals surface area (Å²) in [4.78, 5) is 7.47. The fourth-order valence-electron chi connectivity index (χ4n) is 2.33. The van der Waals surface area contributed by atoms with E-state index in [1.807, 2.05) is 0 Å². The fourth-order valence-corrected chi connectivity index (χ4v) is 2.33. The van der Waals surface area contributed by atoms with Crippen LogP contribution in [0.5, 0.6) is 0 Å². The Morgan fingerprint density at radius 2 is 1.89 bits per heavy atom. The maximum atomic E-state index is 4.35. The fraction of sp³-hybridized carbons (Fsp3) is 0.438. The van der Waals surface area contributed by atoms with E-state index in [0.29, 0.717) is 6.04 Å². The Morgan fingerprint density at radius 1 is 1.21 bits per heavy atom. The first-order valence-corrected chi connectivity index (χ1v) is 6.75. The van der Waals surface area contributed by atoms with Gasteiger partial charge >= 0.3 is 0 Å². The van der Waals surface area contributed by atoms with Crippen LogP contribution in [-0.4, -0.2) is 9.97 Å². The Kier molecular flexibility index (Phi) is 4.05. The Balaban J connectivity index is 2.14. The molecule has 1 atom stereocenters.